The molecule has 2 aromatic carbocycles. The van der Waals surface area contributed by atoms with Gasteiger partial charge < -0.3 is 14.8 Å². The number of benzene rings is 2. The number of hydrogen-bond donors (Lipinski definition) is 1. The third kappa shape index (κ3) is 4.84. The molecule has 0 spiro atoms. The van der Waals surface area contributed by atoms with E-state index < -0.39 is 6.03 Å². The minimum Gasteiger partial charge on any atom is -0.490 e. The van der Waals surface area contributed by atoms with Gasteiger partial charge in [0.1, 0.15) is 12.3 Å². The van der Waals surface area contributed by atoms with Gasteiger partial charge in [-0.3, -0.25) is 9.69 Å². The van der Waals surface area contributed by atoms with Crippen LogP contribution in [-0.2, 0) is 11.3 Å². The Hall–Kier alpha value is -3.24. The Morgan fingerprint density at radius 1 is 1.20 bits per heavy atom. The number of amides is 3. The van der Waals surface area contributed by atoms with Crippen molar-refractivity contribution >= 4 is 33.9 Å². The highest BCUT2D eigenvalue weighted by atomic mass is 79.9. The van der Waals surface area contributed by atoms with Gasteiger partial charge in [0.05, 0.1) is 13.2 Å². The molecule has 0 atom stereocenters. The van der Waals surface area contributed by atoms with Gasteiger partial charge in [0.15, 0.2) is 11.5 Å². The second-order valence-corrected chi connectivity index (χ2v) is 7.47. The largest absolute Gasteiger partial charge is 0.490 e. The van der Waals surface area contributed by atoms with Gasteiger partial charge >= 0.3 is 6.03 Å². The van der Waals surface area contributed by atoms with Gasteiger partial charge in [0.2, 0.25) is 0 Å². The predicted molar refractivity (Wildman–Crippen MR) is 118 cm³/mol. The standard InChI is InChI=1S/C23H21BrN2O4/c1-4-9-30-21-13-18(24)17(12-20(21)29-5-2)11-19-22(27)26(23(28)25-19)14-16-8-6-7-15(3)10-16/h1,6-8,10-13H,5,9,14H2,2-3H3,(H,25,28)/b19-11+. The van der Waals surface area contributed by atoms with Crippen molar-refractivity contribution in [1.82, 2.24) is 10.2 Å². The van der Waals surface area contributed by atoms with Gasteiger partial charge in [0, 0.05) is 4.47 Å². The molecule has 3 amide bonds. The molecule has 0 radical (unpaired) electrons. The van der Waals surface area contributed by atoms with Gasteiger partial charge in [-0.1, -0.05) is 51.7 Å². The summed E-state index contributed by atoms with van der Waals surface area (Å²) >= 11 is 3.47. The molecule has 1 aliphatic heterocycles. The molecule has 1 fully saturated rings. The van der Waals surface area contributed by atoms with Gasteiger partial charge in [-0.25, -0.2) is 4.79 Å². The number of halogens is 1. The maximum absolute atomic E-state index is 12.8. The number of terminal acetylenes is 1. The first-order valence-electron chi connectivity index (χ1n) is 9.35. The molecule has 7 heteroatoms. The zero-order chi connectivity index (χ0) is 21.7. The van der Waals surface area contributed by atoms with Crippen molar-refractivity contribution < 1.29 is 19.1 Å². The molecular formula is C23H21BrN2O4. The lowest BCUT2D eigenvalue weighted by Crippen LogP contribution is -2.30. The summed E-state index contributed by atoms with van der Waals surface area (Å²) in [6.45, 7) is 4.56. The maximum Gasteiger partial charge on any atom is 0.329 e. The van der Waals surface area contributed by atoms with E-state index in [2.05, 4.69) is 27.2 Å². The van der Waals surface area contributed by atoms with Crippen LogP contribution in [0, 0.1) is 19.3 Å². The molecule has 0 bridgehead atoms. The number of hydrogen-bond acceptors (Lipinski definition) is 4. The van der Waals surface area contributed by atoms with E-state index in [4.69, 9.17) is 15.9 Å². The topological polar surface area (TPSA) is 67.9 Å². The van der Waals surface area contributed by atoms with Crippen LogP contribution < -0.4 is 14.8 Å². The van der Waals surface area contributed by atoms with E-state index in [9.17, 15) is 9.59 Å². The number of ether oxygens (including phenoxy) is 2. The number of urea groups is 1. The third-order valence-corrected chi connectivity index (χ3v) is 5.05. The molecule has 1 N–H and O–H groups in total. The fourth-order valence-electron chi connectivity index (χ4n) is 3.03. The first kappa shape index (κ1) is 21.5. The van der Waals surface area contributed by atoms with Gasteiger partial charge in [-0.15, -0.1) is 6.42 Å². The molecule has 154 valence electrons. The van der Waals surface area contributed by atoms with E-state index in [0.29, 0.717) is 28.1 Å². The fraction of sp³-hybridized carbons (Fsp3) is 0.217. The fourth-order valence-corrected chi connectivity index (χ4v) is 3.46. The number of nitrogens with one attached hydrogen (secondary N) is 1. The normalized spacial score (nSPS) is 14.6. The van der Waals surface area contributed by atoms with Crippen LogP contribution in [0.4, 0.5) is 4.79 Å². The van der Waals surface area contributed by atoms with Crippen LogP contribution in [0.25, 0.3) is 6.08 Å². The molecular weight excluding hydrogens is 448 g/mol. The van der Waals surface area contributed by atoms with Gasteiger partial charge in [-0.2, -0.15) is 0 Å². The average Bonchev–Trinajstić information content (AvgIpc) is 2.97. The summed E-state index contributed by atoms with van der Waals surface area (Å²) in [4.78, 5) is 26.4. The minimum absolute atomic E-state index is 0.107. The summed E-state index contributed by atoms with van der Waals surface area (Å²) < 4.78 is 11.8. The molecule has 2 aromatic rings. The molecule has 30 heavy (non-hydrogen) atoms. The number of imide groups is 1. The van der Waals surface area contributed by atoms with E-state index >= 15 is 0 Å². The number of rotatable bonds is 7. The van der Waals surface area contributed by atoms with Crippen molar-refractivity contribution in [2.24, 2.45) is 0 Å². The number of aryl methyl sites for hydroxylation is 1. The Labute approximate surface area is 184 Å². The van der Waals surface area contributed by atoms with Crippen molar-refractivity contribution in [3.05, 3.63) is 63.3 Å². The Kier molecular flexibility index (Phi) is 6.80. The third-order valence-electron chi connectivity index (χ3n) is 4.36. The van der Waals surface area contributed by atoms with Gasteiger partial charge in [0.25, 0.3) is 5.91 Å². The monoisotopic (exact) mass is 468 g/mol. The van der Waals surface area contributed by atoms with E-state index in [0.717, 1.165) is 11.1 Å². The lowest BCUT2D eigenvalue weighted by molar-refractivity contribution is -0.123. The first-order chi connectivity index (χ1) is 14.4. The molecule has 6 nitrogen and oxygen atoms in total. The molecule has 3 rings (SSSR count). The average molecular weight is 469 g/mol. The molecule has 0 unspecified atom stereocenters. The summed E-state index contributed by atoms with van der Waals surface area (Å²) in [7, 11) is 0. The van der Waals surface area contributed by atoms with Gasteiger partial charge in [-0.05, 0) is 43.2 Å². The maximum atomic E-state index is 12.8. The van der Waals surface area contributed by atoms with Crippen LogP contribution in [0.1, 0.15) is 23.6 Å². The smallest absolute Gasteiger partial charge is 0.329 e. The zero-order valence-corrected chi connectivity index (χ0v) is 18.3. The van der Waals surface area contributed by atoms with E-state index in [1.807, 2.05) is 38.1 Å². The second kappa shape index (κ2) is 9.51. The highest BCUT2D eigenvalue weighted by Gasteiger charge is 2.33. The van der Waals surface area contributed by atoms with Crippen LogP contribution >= 0.6 is 15.9 Å². The molecule has 1 aliphatic rings. The SMILES string of the molecule is C#CCOc1cc(Br)c(/C=C2/NC(=O)N(Cc3cccc(C)c3)C2=O)cc1OCC. The van der Waals surface area contributed by atoms with Crippen LogP contribution in [0.15, 0.2) is 46.6 Å². The highest BCUT2D eigenvalue weighted by Crippen LogP contribution is 2.35. The van der Waals surface area contributed by atoms with Crippen molar-refractivity contribution in [2.75, 3.05) is 13.2 Å². The Bertz CT molecular complexity index is 1060. The van der Waals surface area contributed by atoms with E-state index in [1.54, 1.807) is 18.2 Å². The lowest BCUT2D eigenvalue weighted by Gasteiger charge is -2.13. The van der Waals surface area contributed by atoms with Crippen LogP contribution in [0.2, 0.25) is 0 Å². The lowest BCUT2D eigenvalue weighted by atomic mass is 10.1. The van der Waals surface area contributed by atoms with Crippen molar-refractivity contribution in [2.45, 2.75) is 20.4 Å². The summed E-state index contributed by atoms with van der Waals surface area (Å²) in [6.07, 6.45) is 6.87. The Morgan fingerprint density at radius 2 is 1.97 bits per heavy atom. The summed E-state index contributed by atoms with van der Waals surface area (Å²) in [5, 5.41) is 2.64. The molecule has 0 aromatic heterocycles. The van der Waals surface area contributed by atoms with E-state index in [-0.39, 0.29) is 24.8 Å². The van der Waals surface area contributed by atoms with Crippen LogP contribution in [0.5, 0.6) is 11.5 Å². The minimum atomic E-state index is -0.456. The molecule has 0 aliphatic carbocycles. The molecule has 1 heterocycles. The zero-order valence-electron chi connectivity index (χ0n) is 16.7. The summed E-state index contributed by atoms with van der Waals surface area (Å²) in [5.74, 6) is 3.01. The van der Waals surface area contributed by atoms with Crippen LogP contribution in [-0.4, -0.2) is 30.1 Å². The second-order valence-electron chi connectivity index (χ2n) is 6.61. The van der Waals surface area contributed by atoms with E-state index in [1.165, 1.54) is 4.90 Å². The van der Waals surface area contributed by atoms with Crippen LogP contribution in [0.3, 0.4) is 0 Å². The number of carbonyl (C=O) groups excluding carboxylic acids is 2. The predicted octanol–water partition coefficient (Wildman–Crippen LogP) is 4.26. The van der Waals surface area contributed by atoms with Crippen molar-refractivity contribution in [3.8, 4) is 23.8 Å². The summed E-state index contributed by atoms with van der Waals surface area (Å²) in [5.41, 5.74) is 2.80. The summed E-state index contributed by atoms with van der Waals surface area (Å²) in [6, 6.07) is 10.7. The Morgan fingerprint density at radius 3 is 2.67 bits per heavy atom. The first-order valence-corrected chi connectivity index (χ1v) is 10.1. The Balaban J connectivity index is 1.87. The molecule has 1 saturated heterocycles. The molecule has 0 saturated carbocycles. The number of nitrogens with zero attached hydrogens (tertiary/aromatic N) is 1. The van der Waals surface area contributed by atoms with Crippen molar-refractivity contribution in [3.63, 3.8) is 0 Å². The quantitative estimate of drug-likeness (QED) is 0.374. The number of carbonyl (C=O) groups is 2. The highest BCUT2D eigenvalue weighted by molar-refractivity contribution is 9.10. The van der Waals surface area contributed by atoms with Crippen molar-refractivity contribution in [1.29, 1.82) is 0 Å².